The van der Waals surface area contributed by atoms with Gasteiger partial charge in [-0.2, -0.15) is 0 Å². The van der Waals surface area contributed by atoms with Gasteiger partial charge in [0.2, 0.25) is 0 Å². The first kappa shape index (κ1) is 78.7. The summed E-state index contributed by atoms with van der Waals surface area (Å²) in [6.07, 6.45) is 114. The fourth-order valence-electron chi connectivity index (χ4n) is 8.88. The fourth-order valence-corrected chi connectivity index (χ4v) is 8.88. The lowest BCUT2D eigenvalue weighted by Gasteiger charge is -2.15. The zero-order chi connectivity index (χ0) is 60.5. The van der Waals surface area contributed by atoms with Crippen molar-refractivity contribution in [2.24, 2.45) is 0 Å². The lowest BCUT2D eigenvalue weighted by atomic mass is 10.0. The lowest BCUT2D eigenvalue weighted by molar-refractivity contribution is -0.161. The molecule has 0 radical (unpaired) electrons. The minimum Gasteiger partial charge on any atom is -0.462 e. The Morgan fingerprint density at radius 3 is 0.714 bits per heavy atom. The third-order valence-electron chi connectivity index (χ3n) is 13.9. The standard InChI is InChI=1S/C79H124O5/c1-3-5-7-9-11-13-15-17-19-21-23-25-27-29-31-33-35-37-38-39-40-42-44-46-48-50-52-54-56-58-60-62-64-66-68-70-72-74-79(82)84-77(75-80)76-83-78(81)73-71-69-67-65-63-61-59-57-55-53-51-49-47-45-43-41-36-34-32-30-28-26-24-22-20-18-16-14-12-10-8-6-4-2/h5-8,11-14,17-20,23-26,29-32,35-37,39-41,44-47,50,52,77,80H,3-4,9-10,15-16,21-22,27-28,33-34,38,42-43,48-49,51,53-76H2,1-2H3/b7-5-,8-6-,13-11-,14-12-,19-17-,20-18-,25-23-,26-24-,31-29-,32-30-,37-35-,40-39-,41-36-,46-44-,47-45-,52-50-. The minimum atomic E-state index is -0.793. The number of rotatable bonds is 60. The highest BCUT2D eigenvalue weighted by Gasteiger charge is 2.16. The Labute approximate surface area is 518 Å². The van der Waals surface area contributed by atoms with Crippen LogP contribution in [0, 0.1) is 0 Å². The zero-order valence-corrected chi connectivity index (χ0v) is 53.8. The molecule has 5 nitrogen and oxygen atoms in total. The Morgan fingerprint density at radius 2 is 0.476 bits per heavy atom. The topological polar surface area (TPSA) is 72.8 Å². The van der Waals surface area contributed by atoms with Crippen LogP contribution in [0.1, 0.15) is 271 Å². The molecule has 0 aromatic rings. The van der Waals surface area contributed by atoms with E-state index in [4.69, 9.17) is 9.47 Å². The van der Waals surface area contributed by atoms with Crippen molar-refractivity contribution in [3.05, 3.63) is 194 Å². The molecule has 0 spiro atoms. The van der Waals surface area contributed by atoms with E-state index >= 15 is 0 Å². The van der Waals surface area contributed by atoms with Crippen molar-refractivity contribution >= 4 is 11.9 Å². The Morgan fingerprint density at radius 1 is 0.274 bits per heavy atom. The third-order valence-corrected chi connectivity index (χ3v) is 13.9. The highest BCUT2D eigenvalue weighted by Crippen LogP contribution is 2.15. The maximum atomic E-state index is 12.4. The van der Waals surface area contributed by atoms with Crippen molar-refractivity contribution in [2.45, 2.75) is 277 Å². The number of aliphatic hydroxyl groups excluding tert-OH is 1. The summed E-state index contributed by atoms with van der Waals surface area (Å²) >= 11 is 0. The molecule has 0 aliphatic rings. The second-order valence-corrected chi connectivity index (χ2v) is 21.8. The second-order valence-electron chi connectivity index (χ2n) is 21.8. The van der Waals surface area contributed by atoms with Crippen molar-refractivity contribution in [1.82, 2.24) is 0 Å². The van der Waals surface area contributed by atoms with Gasteiger partial charge < -0.3 is 14.6 Å². The number of unbranched alkanes of at least 4 members (excludes halogenated alkanes) is 20. The monoisotopic (exact) mass is 1150 g/mol. The molecule has 84 heavy (non-hydrogen) atoms. The van der Waals surface area contributed by atoms with Crippen LogP contribution in [0.3, 0.4) is 0 Å². The quantitative estimate of drug-likeness (QED) is 0.0373. The predicted molar refractivity (Wildman–Crippen MR) is 370 cm³/mol. The van der Waals surface area contributed by atoms with Gasteiger partial charge in [0.1, 0.15) is 6.61 Å². The molecule has 0 rings (SSSR count). The highest BCUT2D eigenvalue weighted by molar-refractivity contribution is 5.70. The van der Waals surface area contributed by atoms with Gasteiger partial charge in [-0.05, 0) is 141 Å². The molecule has 0 amide bonds. The van der Waals surface area contributed by atoms with E-state index in [0.717, 1.165) is 148 Å². The number of aliphatic hydroxyl groups is 1. The first-order valence-electron chi connectivity index (χ1n) is 34.0. The van der Waals surface area contributed by atoms with Gasteiger partial charge in [-0.3, -0.25) is 9.59 Å². The van der Waals surface area contributed by atoms with E-state index in [0.29, 0.717) is 12.8 Å². The van der Waals surface area contributed by atoms with Gasteiger partial charge in [0.25, 0.3) is 0 Å². The largest absolute Gasteiger partial charge is 0.462 e. The lowest BCUT2D eigenvalue weighted by Crippen LogP contribution is -2.28. The van der Waals surface area contributed by atoms with E-state index in [1.165, 1.54) is 96.3 Å². The highest BCUT2D eigenvalue weighted by atomic mass is 16.6. The maximum Gasteiger partial charge on any atom is 0.306 e. The van der Waals surface area contributed by atoms with Crippen molar-refractivity contribution in [2.75, 3.05) is 13.2 Å². The summed E-state index contributed by atoms with van der Waals surface area (Å²) in [5, 5.41) is 9.70. The molecule has 0 aromatic heterocycles. The van der Waals surface area contributed by atoms with Crippen LogP contribution in [-0.2, 0) is 19.1 Å². The van der Waals surface area contributed by atoms with Crippen LogP contribution in [0.15, 0.2) is 194 Å². The Bertz CT molecular complexity index is 1930. The predicted octanol–water partition coefficient (Wildman–Crippen LogP) is 24.0. The van der Waals surface area contributed by atoms with Crippen molar-refractivity contribution in [3.8, 4) is 0 Å². The van der Waals surface area contributed by atoms with Crippen LogP contribution in [-0.4, -0.2) is 36.4 Å². The van der Waals surface area contributed by atoms with E-state index in [1.54, 1.807) is 0 Å². The summed E-state index contributed by atoms with van der Waals surface area (Å²) in [7, 11) is 0. The molecular formula is C79H124O5. The Kier molecular flexibility index (Phi) is 67.5. The van der Waals surface area contributed by atoms with E-state index in [1.807, 2.05) is 0 Å². The molecular weight excluding hydrogens is 1030 g/mol. The average molecular weight is 1150 g/mol. The normalized spacial score (nSPS) is 13.5. The summed E-state index contributed by atoms with van der Waals surface area (Å²) in [6, 6.07) is 0. The molecule has 0 bridgehead atoms. The van der Waals surface area contributed by atoms with Crippen LogP contribution in [0.2, 0.25) is 0 Å². The van der Waals surface area contributed by atoms with Crippen LogP contribution in [0.5, 0.6) is 0 Å². The number of ether oxygens (including phenoxy) is 2. The van der Waals surface area contributed by atoms with Crippen LogP contribution >= 0.6 is 0 Å². The van der Waals surface area contributed by atoms with Gasteiger partial charge >= 0.3 is 11.9 Å². The van der Waals surface area contributed by atoms with Gasteiger partial charge in [-0.1, -0.05) is 311 Å². The van der Waals surface area contributed by atoms with Crippen molar-refractivity contribution in [1.29, 1.82) is 0 Å². The number of esters is 2. The van der Waals surface area contributed by atoms with E-state index in [2.05, 4.69) is 208 Å². The summed E-state index contributed by atoms with van der Waals surface area (Å²) in [6.45, 7) is 3.90. The molecule has 0 saturated carbocycles. The summed E-state index contributed by atoms with van der Waals surface area (Å²) < 4.78 is 10.7. The minimum absolute atomic E-state index is 0.0811. The summed E-state index contributed by atoms with van der Waals surface area (Å²) in [5.41, 5.74) is 0. The van der Waals surface area contributed by atoms with E-state index in [-0.39, 0.29) is 25.2 Å². The second kappa shape index (κ2) is 72.0. The molecule has 0 aliphatic heterocycles. The first-order chi connectivity index (χ1) is 41.6. The number of allylic oxidation sites excluding steroid dienone is 32. The summed E-state index contributed by atoms with van der Waals surface area (Å²) in [5.74, 6) is -0.610. The van der Waals surface area contributed by atoms with Gasteiger partial charge in [-0.15, -0.1) is 0 Å². The molecule has 0 aliphatic carbocycles. The molecule has 0 heterocycles. The average Bonchev–Trinajstić information content (AvgIpc) is 3.51. The van der Waals surface area contributed by atoms with Gasteiger partial charge in [0.05, 0.1) is 6.61 Å². The molecule has 1 unspecified atom stereocenters. The first-order valence-corrected chi connectivity index (χ1v) is 34.0. The summed E-state index contributed by atoms with van der Waals surface area (Å²) in [4.78, 5) is 24.7. The number of hydrogen-bond donors (Lipinski definition) is 1. The zero-order valence-electron chi connectivity index (χ0n) is 53.8. The van der Waals surface area contributed by atoms with Crippen LogP contribution in [0.25, 0.3) is 0 Å². The Balaban J connectivity index is 3.59. The molecule has 1 atom stereocenters. The van der Waals surface area contributed by atoms with Crippen molar-refractivity contribution < 1.29 is 24.2 Å². The number of hydrogen-bond acceptors (Lipinski definition) is 5. The molecule has 0 aromatic carbocycles. The SMILES string of the molecule is CC/C=C\C/C=C\C/C=C\C/C=C\C/C=C\C/C=C\C/C=C\C/C=C\C/C=C\CCCCCCCCCCCC(=O)OC(CO)COC(=O)CCCCCCCCCCCCC/C=C\C/C=C\C/C=C\C/C=C\C/C=C\C/C=C\C/C=C\CC. The van der Waals surface area contributed by atoms with Crippen LogP contribution in [0.4, 0.5) is 0 Å². The number of carbonyl (C=O) groups is 2. The van der Waals surface area contributed by atoms with E-state index < -0.39 is 6.10 Å². The molecule has 0 saturated heterocycles. The van der Waals surface area contributed by atoms with Crippen LogP contribution < -0.4 is 0 Å². The molecule has 470 valence electrons. The van der Waals surface area contributed by atoms with Gasteiger partial charge in [0, 0.05) is 12.8 Å². The third kappa shape index (κ3) is 69.2. The Hall–Kier alpha value is -5.26. The van der Waals surface area contributed by atoms with Gasteiger partial charge in [0.15, 0.2) is 6.10 Å². The maximum absolute atomic E-state index is 12.4. The molecule has 5 heteroatoms. The number of carbonyl (C=O) groups excluding carboxylic acids is 2. The van der Waals surface area contributed by atoms with Crippen molar-refractivity contribution in [3.63, 3.8) is 0 Å². The smallest absolute Gasteiger partial charge is 0.306 e. The van der Waals surface area contributed by atoms with Gasteiger partial charge in [-0.25, -0.2) is 0 Å². The molecule has 0 fully saturated rings. The molecule has 1 N–H and O–H groups in total. The van der Waals surface area contributed by atoms with E-state index in [9.17, 15) is 14.7 Å². The fraction of sp³-hybridized carbons (Fsp3) is 0.570.